The van der Waals surface area contributed by atoms with Crippen molar-refractivity contribution in [3.63, 3.8) is 0 Å². The van der Waals surface area contributed by atoms with E-state index >= 15 is 0 Å². The summed E-state index contributed by atoms with van der Waals surface area (Å²) in [5.74, 6) is 0.353. The Morgan fingerprint density at radius 1 is 1.20 bits per heavy atom. The molecule has 0 amide bonds. The van der Waals surface area contributed by atoms with Gasteiger partial charge in [0, 0.05) is 18.2 Å². The lowest BCUT2D eigenvalue weighted by Crippen LogP contribution is -2.24. The van der Waals surface area contributed by atoms with Gasteiger partial charge < -0.3 is 25.3 Å². The molecule has 0 radical (unpaired) electrons. The van der Waals surface area contributed by atoms with Gasteiger partial charge in [-0.1, -0.05) is 18.2 Å². The van der Waals surface area contributed by atoms with Crippen molar-refractivity contribution in [1.29, 1.82) is 5.26 Å². The van der Waals surface area contributed by atoms with Crippen LogP contribution in [0.2, 0.25) is 0 Å². The number of nitriles is 1. The molecule has 4 aromatic rings. The number of ether oxygens (including phenoxy) is 1. The molecule has 2 aromatic carbocycles. The highest BCUT2D eigenvalue weighted by molar-refractivity contribution is 6.02. The number of aromatic nitrogens is 3. The molecule has 0 unspecified atom stereocenters. The SMILES string of the molecule is N#Cc1ccc2cc(-c3cn([C@H]4C[C@H](O)[C@@H](CO)O4)c4ncnc(N)c34)ccc2c1. The molecule has 1 aliphatic rings. The lowest BCUT2D eigenvalue weighted by atomic mass is 10.0. The molecule has 0 aliphatic carbocycles. The summed E-state index contributed by atoms with van der Waals surface area (Å²) in [7, 11) is 0. The summed E-state index contributed by atoms with van der Waals surface area (Å²) < 4.78 is 7.67. The van der Waals surface area contributed by atoms with E-state index in [2.05, 4.69) is 16.0 Å². The highest BCUT2D eigenvalue weighted by Crippen LogP contribution is 2.38. The zero-order chi connectivity index (χ0) is 20.8. The quantitative estimate of drug-likeness (QED) is 0.480. The van der Waals surface area contributed by atoms with Crippen LogP contribution in [0.3, 0.4) is 0 Å². The Bertz CT molecular complexity index is 1310. The lowest BCUT2D eigenvalue weighted by Gasteiger charge is -2.14. The van der Waals surface area contributed by atoms with Gasteiger partial charge in [0.05, 0.1) is 29.7 Å². The number of nitrogen functional groups attached to an aromatic ring is 1. The molecule has 30 heavy (non-hydrogen) atoms. The molecule has 3 atom stereocenters. The fourth-order valence-corrected chi connectivity index (χ4v) is 4.08. The molecule has 8 heteroatoms. The molecular formula is C22H19N5O3. The summed E-state index contributed by atoms with van der Waals surface area (Å²) in [6, 6.07) is 13.7. The van der Waals surface area contributed by atoms with Crippen molar-refractivity contribution < 1.29 is 14.9 Å². The van der Waals surface area contributed by atoms with E-state index in [0.29, 0.717) is 28.8 Å². The molecule has 4 N–H and O–H groups in total. The Morgan fingerprint density at radius 2 is 2.00 bits per heavy atom. The van der Waals surface area contributed by atoms with Gasteiger partial charge in [0.15, 0.2) is 0 Å². The molecule has 0 saturated carbocycles. The van der Waals surface area contributed by atoms with Crippen molar-refractivity contribution in [1.82, 2.24) is 14.5 Å². The van der Waals surface area contributed by atoms with Gasteiger partial charge in [0.1, 0.15) is 30.1 Å². The van der Waals surface area contributed by atoms with E-state index in [4.69, 9.17) is 15.7 Å². The smallest absolute Gasteiger partial charge is 0.148 e. The predicted octanol–water partition coefficient (Wildman–Crippen LogP) is 2.35. The fourth-order valence-electron chi connectivity index (χ4n) is 4.08. The van der Waals surface area contributed by atoms with E-state index in [1.54, 1.807) is 6.07 Å². The maximum Gasteiger partial charge on any atom is 0.148 e. The van der Waals surface area contributed by atoms with Crippen LogP contribution in [0.25, 0.3) is 32.9 Å². The van der Waals surface area contributed by atoms with Gasteiger partial charge >= 0.3 is 0 Å². The maximum atomic E-state index is 10.2. The van der Waals surface area contributed by atoms with E-state index in [9.17, 15) is 10.2 Å². The molecule has 1 fully saturated rings. The first kappa shape index (κ1) is 18.5. The first-order valence-electron chi connectivity index (χ1n) is 9.58. The summed E-state index contributed by atoms with van der Waals surface area (Å²) >= 11 is 0. The molecule has 1 saturated heterocycles. The molecule has 3 heterocycles. The minimum absolute atomic E-state index is 0.254. The van der Waals surface area contributed by atoms with Gasteiger partial charge in [-0.15, -0.1) is 0 Å². The van der Waals surface area contributed by atoms with Crippen LogP contribution in [0.1, 0.15) is 18.2 Å². The normalized spacial score (nSPS) is 21.3. The molecule has 0 spiro atoms. The molecule has 5 rings (SSSR count). The van der Waals surface area contributed by atoms with Crippen LogP contribution < -0.4 is 5.73 Å². The Morgan fingerprint density at radius 3 is 2.77 bits per heavy atom. The molecule has 2 aromatic heterocycles. The van der Waals surface area contributed by atoms with Crippen LogP contribution in [0, 0.1) is 11.3 Å². The van der Waals surface area contributed by atoms with Gasteiger partial charge in [0.25, 0.3) is 0 Å². The van der Waals surface area contributed by atoms with Gasteiger partial charge in [-0.25, -0.2) is 9.97 Å². The highest BCUT2D eigenvalue weighted by atomic mass is 16.5. The van der Waals surface area contributed by atoms with Gasteiger partial charge in [0.2, 0.25) is 0 Å². The number of rotatable bonds is 3. The Kier molecular flexibility index (Phi) is 4.37. The van der Waals surface area contributed by atoms with E-state index in [1.807, 2.05) is 41.1 Å². The minimum Gasteiger partial charge on any atom is -0.394 e. The first-order chi connectivity index (χ1) is 14.6. The summed E-state index contributed by atoms with van der Waals surface area (Å²) in [5.41, 5.74) is 9.20. The van der Waals surface area contributed by atoms with Crippen molar-refractivity contribution in [2.24, 2.45) is 0 Å². The largest absolute Gasteiger partial charge is 0.394 e. The van der Waals surface area contributed by atoms with Crippen LogP contribution in [-0.2, 0) is 4.74 Å². The number of hydrogen-bond acceptors (Lipinski definition) is 7. The molecule has 1 aliphatic heterocycles. The standard InChI is InChI=1S/C22H19N5O3/c23-8-12-1-2-14-6-15(4-3-13(14)5-12)16-9-27(19-7-17(29)18(10-28)30-19)22-20(16)21(24)25-11-26-22/h1-6,9,11,17-19,28-29H,7,10H2,(H2,24,25,26)/t17-,18+,19+/m0/s1. The Hall–Kier alpha value is -3.51. The molecule has 8 nitrogen and oxygen atoms in total. The Balaban J connectivity index is 1.67. The van der Waals surface area contributed by atoms with Crippen LogP contribution in [0.5, 0.6) is 0 Å². The average Bonchev–Trinajstić information content (AvgIpc) is 3.34. The second-order valence-electron chi connectivity index (χ2n) is 7.41. The van der Waals surface area contributed by atoms with Crippen molar-refractivity contribution in [2.75, 3.05) is 12.3 Å². The summed E-state index contributed by atoms with van der Waals surface area (Å²) in [6.07, 6.45) is 1.78. The fraction of sp³-hybridized carbons (Fsp3) is 0.227. The number of nitrogens with zero attached hydrogens (tertiary/aromatic N) is 4. The molecule has 150 valence electrons. The first-order valence-corrected chi connectivity index (χ1v) is 9.58. The van der Waals surface area contributed by atoms with Crippen molar-refractivity contribution in [2.45, 2.75) is 24.9 Å². The number of nitrogens with two attached hydrogens (primary N) is 1. The minimum atomic E-state index is -0.755. The Labute approximate surface area is 171 Å². The number of aliphatic hydroxyl groups excluding tert-OH is 2. The number of hydrogen-bond donors (Lipinski definition) is 3. The summed E-state index contributed by atoms with van der Waals surface area (Å²) in [4.78, 5) is 8.56. The second kappa shape index (κ2) is 7.07. The average molecular weight is 401 g/mol. The maximum absolute atomic E-state index is 10.2. The van der Waals surface area contributed by atoms with Crippen LogP contribution in [0.15, 0.2) is 48.9 Å². The van der Waals surface area contributed by atoms with Crippen LogP contribution in [-0.4, -0.2) is 43.6 Å². The van der Waals surface area contributed by atoms with Crippen LogP contribution in [0.4, 0.5) is 5.82 Å². The third kappa shape index (κ3) is 2.88. The van der Waals surface area contributed by atoms with Crippen LogP contribution >= 0.6 is 0 Å². The van der Waals surface area contributed by atoms with Gasteiger partial charge in [-0.2, -0.15) is 5.26 Å². The van der Waals surface area contributed by atoms with Gasteiger partial charge in [-0.3, -0.25) is 0 Å². The number of fused-ring (bicyclic) bond motifs is 2. The topological polar surface area (TPSA) is 130 Å². The molecule has 0 bridgehead atoms. The second-order valence-corrected chi connectivity index (χ2v) is 7.41. The monoisotopic (exact) mass is 401 g/mol. The highest BCUT2D eigenvalue weighted by Gasteiger charge is 2.35. The van der Waals surface area contributed by atoms with Crippen molar-refractivity contribution >= 4 is 27.6 Å². The number of aliphatic hydroxyl groups is 2. The van der Waals surface area contributed by atoms with E-state index in [1.165, 1.54) is 6.33 Å². The number of anilines is 1. The summed E-state index contributed by atoms with van der Waals surface area (Å²) in [6.45, 7) is -0.254. The predicted molar refractivity (Wildman–Crippen MR) is 111 cm³/mol. The number of benzene rings is 2. The van der Waals surface area contributed by atoms with Gasteiger partial charge in [-0.05, 0) is 34.5 Å². The van der Waals surface area contributed by atoms with E-state index in [-0.39, 0.29) is 6.61 Å². The third-order valence-corrected chi connectivity index (χ3v) is 5.61. The van der Waals surface area contributed by atoms with E-state index in [0.717, 1.165) is 21.9 Å². The summed E-state index contributed by atoms with van der Waals surface area (Å²) in [5, 5.41) is 31.4. The zero-order valence-electron chi connectivity index (χ0n) is 15.9. The zero-order valence-corrected chi connectivity index (χ0v) is 15.9. The molecular weight excluding hydrogens is 382 g/mol. The lowest BCUT2D eigenvalue weighted by molar-refractivity contribution is -0.0430. The van der Waals surface area contributed by atoms with Crippen molar-refractivity contribution in [3.05, 3.63) is 54.5 Å². The van der Waals surface area contributed by atoms with E-state index < -0.39 is 18.4 Å². The third-order valence-electron chi connectivity index (χ3n) is 5.61. The van der Waals surface area contributed by atoms with Crippen molar-refractivity contribution in [3.8, 4) is 17.2 Å².